The van der Waals surface area contributed by atoms with E-state index in [0.29, 0.717) is 11.6 Å². The molecule has 24 heavy (non-hydrogen) atoms. The van der Waals surface area contributed by atoms with Crippen molar-refractivity contribution in [2.45, 2.75) is 34.6 Å². The van der Waals surface area contributed by atoms with Crippen molar-refractivity contribution in [3.8, 4) is 5.75 Å². The van der Waals surface area contributed by atoms with Gasteiger partial charge in [0.2, 0.25) is 5.90 Å². The summed E-state index contributed by atoms with van der Waals surface area (Å²) in [5.74, 6) is 1.08. The zero-order valence-corrected chi connectivity index (χ0v) is 14.7. The number of benzene rings is 2. The van der Waals surface area contributed by atoms with E-state index >= 15 is 0 Å². The van der Waals surface area contributed by atoms with Crippen molar-refractivity contribution in [3.05, 3.63) is 63.7 Å². The van der Waals surface area contributed by atoms with Crippen LogP contribution in [0.5, 0.6) is 5.75 Å². The van der Waals surface area contributed by atoms with Crippen LogP contribution in [0.15, 0.2) is 47.5 Å². The maximum absolute atomic E-state index is 10.7. The van der Waals surface area contributed by atoms with Crippen molar-refractivity contribution in [2.24, 2.45) is 10.4 Å². The van der Waals surface area contributed by atoms with E-state index < -0.39 is 4.92 Å². The first-order valence-corrected chi connectivity index (χ1v) is 7.75. The highest BCUT2D eigenvalue weighted by molar-refractivity contribution is 5.86. The van der Waals surface area contributed by atoms with Gasteiger partial charge in [0.05, 0.1) is 10.6 Å². The molecule has 2 aromatic carbocycles. The van der Waals surface area contributed by atoms with E-state index in [0.717, 1.165) is 5.69 Å². The van der Waals surface area contributed by atoms with Gasteiger partial charge in [0.25, 0.3) is 5.69 Å². The second-order valence-electron chi connectivity index (χ2n) is 6.79. The number of hydrogen-bond acceptors (Lipinski definition) is 4. The Bertz CT molecular complexity index is 772. The fourth-order valence-electron chi connectivity index (χ4n) is 2.00. The zero-order chi connectivity index (χ0) is 17.9. The molecule has 0 fully saturated rings. The molecule has 5 heteroatoms. The summed E-state index contributed by atoms with van der Waals surface area (Å²) in [4.78, 5) is 14.9. The van der Waals surface area contributed by atoms with Crippen LogP contribution in [0.4, 0.5) is 11.4 Å². The van der Waals surface area contributed by atoms with Gasteiger partial charge in [-0.25, -0.2) is 4.99 Å². The molecule has 0 saturated carbocycles. The zero-order valence-electron chi connectivity index (χ0n) is 14.7. The number of hydrogen-bond donors (Lipinski definition) is 0. The first kappa shape index (κ1) is 17.7. The molecule has 126 valence electrons. The van der Waals surface area contributed by atoms with E-state index in [-0.39, 0.29) is 11.1 Å². The molecule has 0 N–H and O–H groups in total. The fraction of sp³-hybridized carbons (Fsp3) is 0.316. The van der Waals surface area contributed by atoms with Gasteiger partial charge in [-0.1, -0.05) is 26.8 Å². The summed E-state index contributed by atoms with van der Waals surface area (Å²) < 4.78 is 5.92. The Labute approximate surface area is 142 Å². The van der Waals surface area contributed by atoms with Gasteiger partial charge in [-0.3, -0.25) is 10.1 Å². The van der Waals surface area contributed by atoms with E-state index in [1.807, 2.05) is 45.9 Å². The van der Waals surface area contributed by atoms with E-state index in [1.165, 1.54) is 23.3 Å². The molecule has 0 amide bonds. The smallest absolute Gasteiger partial charge is 0.269 e. The lowest BCUT2D eigenvalue weighted by Gasteiger charge is -2.21. The molecule has 0 atom stereocenters. The molecular weight excluding hydrogens is 304 g/mol. The lowest BCUT2D eigenvalue weighted by molar-refractivity contribution is -0.384. The Balaban J connectivity index is 2.33. The predicted octanol–water partition coefficient (Wildman–Crippen LogP) is 5.37. The van der Waals surface area contributed by atoms with Gasteiger partial charge in [0.15, 0.2) is 0 Å². The van der Waals surface area contributed by atoms with Crippen LogP contribution >= 0.6 is 0 Å². The third kappa shape index (κ3) is 4.41. The summed E-state index contributed by atoms with van der Waals surface area (Å²) in [7, 11) is 0. The van der Waals surface area contributed by atoms with Crippen molar-refractivity contribution in [1.29, 1.82) is 0 Å². The normalized spacial score (nSPS) is 12.1. The lowest BCUT2D eigenvalue weighted by atomic mass is 9.96. The molecule has 0 heterocycles. The number of nitro groups is 1. The first-order chi connectivity index (χ1) is 11.2. The lowest BCUT2D eigenvalue weighted by Crippen LogP contribution is -2.26. The summed E-state index contributed by atoms with van der Waals surface area (Å²) in [5.41, 5.74) is 2.93. The Hall–Kier alpha value is -2.69. The van der Waals surface area contributed by atoms with Crippen LogP contribution in [0, 0.1) is 29.4 Å². The van der Waals surface area contributed by atoms with Gasteiger partial charge >= 0.3 is 0 Å². The van der Waals surface area contributed by atoms with Crippen LogP contribution in [0.1, 0.15) is 31.9 Å². The third-order valence-electron chi connectivity index (χ3n) is 3.62. The number of nitrogens with zero attached hydrogens (tertiary/aromatic N) is 2. The van der Waals surface area contributed by atoms with Crippen LogP contribution in [0.3, 0.4) is 0 Å². The van der Waals surface area contributed by atoms with Crippen molar-refractivity contribution < 1.29 is 9.66 Å². The number of non-ortho nitro benzene ring substituents is 1. The summed E-state index contributed by atoms with van der Waals surface area (Å²) in [5, 5.41) is 10.7. The van der Waals surface area contributed by atoms with Gasteiger partial charge in [-0.2, -0.15) is 0 Å². The van der Waals surface area contributed by atoms with Gasteiger partial charge < -0.3 is 4.74 Å². The van der Waals surface area contributed by atoms with E-state index in [4.69, 9.17) is 4.74 Å². The molecule has 2 rings (SSSR count). The number of rotatable bonds is 3. The number of ether oxygens (including phenoxy) is 1. The Morgan fingerprint density at radius 3 is 2.17 bits per heavy atom. The number of aryl methyl sites for hydroxylation is 2. The van der Waals surface area contributed by atoms with Crippen LogP contribution < -0.4 is 4.74 Å². The molecule has 0 aliphatic rings. The third-order valence-corrected chi connectivity index (χ3v) is 3.62. The van der Waals surface area contributed by atoms with Crippen molar-refractivity contribution in [3.63, 3.8) is 0 Å². The quantitative estimate of drug-likeness (QED) is 0.330. The molecule has 5 nitrogen and oxygen atoms in total. The van der Waals surface area contributed by atoms with E-state index in [9.17, 15) is 10.1 Å². The van der Waals surface area contributed by atoms with Crippen LogP contribution in [-0.4, -0.2) is 10.8 Å². The van der Waals surface area contributed by atoms with Gasteiger partial charge in [0, 0.05) is 17.5 Å². The Morgan fingerprint density at radius 2 is 1.67 bits per heavy atom. The van der Waals surface area contributed by atoms with Crippen molar-refractivity contribution in [1.82, 2.24) is 0 Å². The van der Waals surface area contributed by atoms with Crippen molar-refractivity contribution in [2.75, 3.05) is 0 Å². The van der Waals surface area contributed by atoms with Crippen LogP contribution in [0.25, 0.3) is 0 Å². The Morgan fingerprint density at radius 1 is 1.04 bits per heavy atom. The summed E-state index contributed by atoms with van der Waals surface area (Å²) >= 11 is 0. The van der Waals surface area contributed by atoms with Gasteiger partial charge in [0.1, 0.15) is 5.75 Å². The molecule has 0 aliphatic heterocycles. The highest BCUT2D eigenvalue weighted by atomic mass is 16.6. The standard InChI is InChI=1S/C19H22N2O3/c1-13-6-7-15(12-14(13)2)20-18(19(3,4)5)24-17-10-8-16(9-11-17)21(22)23/h6-12H,1-5H3. The summed E-state index contributed by atoms with van der Waals surface area (Å²) in [6, 6.07) is 12.0. The molecule has 0 aliphatic carbocycles. The first-order valence-electron chi connectivity index (χ1n) is 7.75. The average Bonchev–Trinajstić information content (AvgIpc) is 2.50. The second kappa shape index (κ2) is 6.83. The minimum atomic E-state index is -0.433. The Kier molecular flexibility index (Phi) is 5.02. The molecule has 0 unspecified atom stereocenters. The number of aliphatic imine (C=N–C) groups is 1. The predicted molar refractivity (Wildman–Crippen MR) is 96.2 cm³/mol. The maximum atomic E-state index is 10.7. The summed E-state index contributed by atoms with van der Waals surface area (Å²) in [6.07, 6.45) is 0. The maximum Gasteiger partial charge on any atom is 0.269 e. The molecular formula is C19H22N2O3. The topological polar surface area (TPSA) is 64.7 Å². The molecule has 0 bridgehead atoms. The highest BCUT2D eigenvalue weighted by Gasteiger charge is 2.22. The summed E-state index contributed by atoms with van der Waals surface area (Å²) in [6.45, 7) is 10.1. The largest absolute Gasteiger partial charge is 0.442 e. The minimum Gasteiger partial charge on any atom is -0.442 e. The van der Waals surface area contributed by atoms with Crippen LogP contribution in [-0.2, 0) is 0 Å². The molecule has 0 radical (unpaired) electrons. The molecule has 0 aromatic heterocycles. The van der Waals surface area contributed by atoms with E-state index in [1.54, 1.807) is 12.1 Å². The molecule has 0 spiro atoms. The van der Waals surface area contributed by atoms with Gasteiger partial charge in [-0.15, -0.1) is 0 Å². The highest BCUT2D eigenvalue weighted by Crippen LogP contribution is 2.26. The monoisotopic (exact) mass is 326 g/mol. The average molecular weight is 326 g/mol. The number of nitro benzene ring substituents is 1. The minimum absolute atomic E-state index is 0.0331. The van der Waals surface area contributed by atoms with Crippen molar-refractivity contribution >= 4 is 17.3 Å². The van der Waals surface area contributed by atoms with Crippen LogP contribution in [0.2, 0.25) is 0 Å². The SMILES string of the molecule is Cc1ccc(N=C(Oc2ccc([N+](=O)[O-])cc2)C(C)(C)C)cc1C. The second-order valence-corrected chi connectivity index (χ2v) is 6.79. The molecule has 2 aromatic rings. The van der Waals surface area contributed by atoms with E-state index in [2.05, 4.69) is 11.9 Å². The fourth-order valence-corrected chi connectivity index (χ4v) is 2.00. The molecule has 0 saturated heterocycles. The van der Waals surface area contributed by atoms with Gasteiger partial charge in [-0.05, 0) is 49.2 Å².